The predicted octanol–water partition coefficient (Wildman–Crippen LogP) is 2.35. The van der Waals surface area contributed by atoms with Crippen molar-refractivity contribution in [3.63, 3.8) is 0 Å². The van der Waals surface area contributed by atoms with Crippen LogP contribution in [-0.4, -0.2) is 17.4 Å². The average Bonchev–Trinajstić information content (AvgIpc) is 2.54. The van der Waals surface area contributed by atoms with E-state index < -0.39 is 0 Å². The molecule has 0 spiro atoms. The van der Waals surface area contributed by atoms with Crippen molar-refractivity contribution in [1.29, 1.82) is 5.26 Å². The first-order chi connectivity index (χ1) is 10.3. The molecular weight excluding hydrogens is 262 g/mol. The number of hydrogen-bond acceptors (Lipinski definition) is 3. The van der Waals surface area contributed by atoms with Crippen molar-refractivity contribution in [1.82, 2.24) is 10.3 Å². The maximum absolute atomic E-state index is 12.0. The fourth-order valence-electron chi connectivity index (χ4n) is 1.84. The Labute approximate surface area is 123 Å². The molecule has 0 radical (unpaired) electrons. The molecule has 1 amide bonds. The van der Waals surface area contributed by atoms with Crippen LogP contribution >= 0.6 is 0 Å². The van der Waals surface area contributed by atoms with Crippen LogP contribution < -0.4 is 5.32 Å². The highest BCUT2D eigenvalue weighted by Gasteiger charge is 2.08. The molecule has 0 aliphatic rings. The van der Waals surface area contributed by atoms with Gasteiger partial charge in [0.2, 0.25) is 0 Å². The van der Waals surface area contributed by atoms with Crippen LogP contribution in [-0.2, 0) is 11.2 Å². The lowest BCUT2D eigenvalue weighted by Gasteiger charge is -2.04. The van der Waals surface area contributed by atoms with Crippen molar-refractivity contribution in [3.05, 3.63) is 71.6 Å². The molecule has 1 N–H and O–H groups in total. The second-order valence-electron chi connectivity index (χ2n) is 4.44. The summed E-state index contributed by atoms with van der Waals surface area (Å²) in [6.45, 7) is 0.498. The molecule has 1 aromatic heterocycles. The number of nitriles is 1. The van der Waals surface area contributed by atoms with Crippen molar-refractivity contribution in [2.75, 3.05) is 6.54 Å². The molecule has 0 unspecified atom stereocenters. The smallest absolute Gasteiger partial charge is 0.261 e. The Balaban J connectivity index is 1.92. The summed E-state index contributed by atoms with van der Waals surface area (Å²) in [4.78, 5) is 15.8. The van der Waals surface area contributed by atoms with Crippen molar-refractivity contribution in [3.8, 4) is 6.07 Å². The van der Waals surface area contributed by atoms with Crippen LogP contribution in [0.4, 0.5) is 0 Å². The van der Waals surface area contributed by atoms with Gasteiger partial charge >= 0.3 is 0 Å². The summed E-state index contributed by atoms with van der Waals surface area (Å²) in [7, 11) is 0. The number of nitrogens with one attached hydrogen (secondary N) is 1. The average molecular weight is 277 g/mol. The standard InChI is InChI=1S/C17H15N3O/c18-13-16(12-15-6-9-19-10-7-15)17(21)20-11-8-14-4-2-1-3-5-14/h1-7,9-10,12H,8,11H2,(H,20,21)/b16-12-. The monoisotopic (exact) mass is 277 g/mol. The van der Waals surface area contributed by atoms with E-state index in [2.05, 4.69) is 10.3 Å². The Hall–Kier alpha value is -2.93. The van der Waals surface area contributed by atoms with Gasteiger partial charge in [-0.05, 0) is 35.8 Å². The summed E-state index contributed by atoms with van der Waals surface area (Å²) in [5.41, 5.74) is 2.02. The van der Waals surface area contributed by atoms with Gasteiger partial charge in [-0.25, -0.2) is 0 Å². The van der Waals surface area contributed by atoms with Gasteiger partial charge in [-0.2, -0.15) is 5.26 Å². The molecule has 0 saturated carbocycles. The molecule has 0 fully saturated rings. The summed E-state index contributed by atoms with van der Waals surface area (Å²) in [6.07, 6.45) is 5.53. The lowest BCUT2D eigenvalue weighted by molar-refractivity contribution is -0.117. The summed E-state index contributed by atoms with van der Waals surface area (Å²) in [5.74, 6) is -0.356. The fraction of sp³-hybridized carbons (Fsp3) is 0.118. The van der Waals surface area contributed by atoms with Gasteiger partial charge in [0.15, 0.2) is 0 Å². The third kappa shape index (κ3) is 4.59. The summed E-state index contributed by atoms with van der Waals surface area (Å²) >= 11 is 0. The molecule has 2 rings (SSSR count). The first-order valence-corrected chi connectivity index (χ1v) is 6.63. The number of aromatic nitrogens is 1. The maximum atomic E-state index is 12.0. The molecule has 21 heavy (non-hydrogen) atoms. The Morgan fingerprint density at radius 1 is 1.19 bits per heavy atom. The Bertz CT molecular complexity index is 657. The van der Waals surface area contributed by atoms with Crippen LogP contribution in [0.2, 0.25) is 0 Å². The Morgan fingerprint density at radius 3 is 2.57 bits per heavy atom. The number of rotatable bonds is 5. The Kier molecular flexibility index (Phi) is 5.25. The molecule has 0 bridgehead atoms. The van der Waals surface area contributed by atoms with Crippen LogP contribution in [0.25, 0.3) is 6.08 Å². The van der Waals surface area contributed by atoms with Gasteiger partial charge in [-0.15, -0.1) is 0 Å². The van der Waals surface area contributed by atoms with Crippen LogP contribution in [0, 0.1) is 11.3 Å². The molecular formula is C17H15N3O. The molecule has 0 aliphatic heterocycles. The quantitative estimate of drug-likeness (QED) is 0.674. The SMILES string of the molecule is N#C/C(=C/c1ccncc1)C(=O)NCCc1ccccc1. The minimum absolute atomic E-state index is 0.0919. The molecule has 104 valence electrons. The van der Waals surface area contributed by atoms with Crippen molar-refractivity contribution in [2.24, 2.45) is 0 Å². The topological polar surface area (TPSA) is 65.8 Å². The van der Waals surface area contributed by atoms with E-state index >= 15 is 0 Å². The van der Waals surface area contributed by atoms with E-state index in [1.54, 1.807) is 30.6 Å². The van der Waals surface area contributed by atoms with Crippen LogP contribution in [0.15, 0.2) is 60.4 Å². The molecule has 2 aromatic rings. The molecule has 0 atom stereocenters. The van der Waals surface area contributed by atoms with E-state index in [0.29, 0.717) is 6.54 Å². The van der Waals surface area contributed by atoms with Gasteiger partial charge in [0.05, 0.1) is 0 Å². The molecule has 4 heteroatoms. The zero-order chi connectivity index (χ0) is 14.9. The molecule has 0 aliphatic carbocycles. The normalized spacial score (nSPS) is 10.7. The van der Waals surface area contributed by atoms with E-state index in [-0.39, 0.29) is 11.5 Å². The fourth-order valence-corrected chi connectivity index (χ4v) is 1.84. The number of pyridine rings is 1. The van der Waals surface area contributed by atoms with E-state index in [9.17, 15) is 4.79 Å². The van der Waals surface area contributed by atoms with Gasteiger partial charge in [-0.1, -0.05) is 30.3 Å². The number of amides is 1. The van der Waals surface area contributed by atoms with E-state index in [0.717, 1.165) is 17.5 Å². The second-order valence-corrected chi connectivity index (χ2v) is 4.44. The van der Waals surface area contributed by atoms with Crippen LogP contribution in [0.1, 0.15) is 11.1 Å². The zero-order valence-electron chi connectivity index (χ0n) is 11.5. The number of nitrogens with zero attached hydrogens (tertiary/aromatic N) is 2. The third-order valence-corrected chi connectivity index (χ3v) is 2.92. The van der Waals surface area contributed by atoms with Crippen LogP contribution in [0.3, 0.4) is 0 Å². The number of carbonyl (C=O) groups excluding carboxylic acids is 1. The molecule has 0 saturated heterocycles. The lowest BCUT2D eigenvalue weighted by atomic mass is 10.1. The number of hydrogen-bond donors (Lipinski definition) is 1. The first-order valence-electron chi connectivity index (χ1n) is 6.63. The number of benzene rings is 1. The van der Waals surface area contributed by atoms with Crippen LogP contribution in [0.5, 0.6) is 0 Å². The van der Waals surface area contributed by atoms with Gasteiger partial charge in [0.25, 0.3) is 5.91 Å². The third-order valence-electron chi connectivity index (χ3n) is 2.92. The van der Waals surface area contributed by atoms with Gasteiger partial charge in [0, 0.05) is 18.9 Å². The highest BCUT2D eigenvalue weighted by atomic mass is 16.1. The minimum Gasteiger partial charge on any atom is -0.351 e. The lowest BCUT2D eigenvalue weighted by Crippen LogP contribution is -2.26. The van der Waals surface area contributed by atoms with Crippen molar-refractivity contribution >= 4 is 12.0 Å². The van der Waals surface area contributed by atoms with Crippen molar-refractivity contribution in [2.45, 2.75) is 6.42 Å². The van der Waals surface area contributed by atoms with Gasteiger partial charge in [0.1, 0.15) is 11.6 Å². The summed E-state index contributed by atoms with van der Waals surface area (Å²) in [6, 6.07) is 15.3. The van der Waals surface area contributed by atoms with Gasteiger partial charge < -0.3 is 5.32 Å². The second kappa shape index (κ2) is 7.61. The largest absolute Gasteiger partial charge is 0.351 e. The predicted molar refractivity (Wildman–Crippen MR) is 81.0 cm³/mol. The molecule has 1 heterocycles. The number of carbonyl (C=O) groups is 1. The Morgan fingerprint density at radius 2 is 1.90 bits per heavy atom. The molecule has 1 aromatic carbocycles. The maximum Gasteiger partial charge on any atom is 0.261 e. The first kappa shape index (κ1) is 14.5. The summed E-state index contributed by atoms with van der Waals surface area (Å²) in [5, 5.41) is 11.8. The zero-order valence-corrected chi connectivity index (χ0v) is 11.5. The summed E-state index contributed by atoms with van der Waals surface area (Å²) < 4.78 is 0. The van der Waals surface area contributed by atoms with Gasteiger partial charge in [-0.3, -0.25) is 9.78 Å². The minimum atomic E-state index is -0.356. The highest BCUT2D eigenvalue weighted by Crippen LogP contribution is 2.05. The van der Waals surface area contributed by atoms with Crippen molar-refractivity contribution < 1.29 is 4.79 Å². The van der Waals surface area contributed by atoms with E-state index in [1.165, 1.54) is 0 Å². The highest BCUT2D eigenvalue weighted by molar-refractivity contribution is 6.01. The molecule has 4 nitrogen and oxygen atoms in total. The van der Waals surface area contributed by atoms with E-state index in [1.807, 2.05) is 36.4 Å². The van der Waals surface area contributed by atoms with E-state index in [4.69, 9.17) is 5.26 Å².